The minimum Gasteiger partial charge on any atom is -0.447 e. The van der Waals surface area contributed by atoms with Crippen LogP contribution in [-0.2, 0) is 4.74 Å². The molecule has 0 N–H and O–H groups in total. The van der Waals surface area contributed by atoms with E-state index in [0.717, 1.165) is 24.0 Å². The average Bonchev–Trinajstić information content (AvgIpc) is 2.59. The van der Waals surface area contributed by atoms with Crippen LogP contribution in [0.15, 0.2) is 35.6 Å². The maximum absolute atomic E-state index is 11.5. The Bertz CT molecular complexity index is 393. The van der Waals surface area contributed by atoms with Gasteiger partial charge in [-0.25, -0.2) is 4.79 Å². The highest BCUT2D eigenvalue weighted by Crippen LogP contribution is 2.33. The third-order valence-electron chi connectivity index (χ3n) is 2.98. The number of carbonyl (C=O) groups is 1. The number of hydrogen-bond donors (Lipinski definition) is 0. The molecule has 0 aromatic heterocycles. The first kappa shape index (κ1) is 11.0. The van der Waals surface area contributed by atoms with Crippen molar-refractivity contribution in [3.63, 3.8) is 0 Å². The summed E-state index contributed by atoms with van der Waals surface area (Å²) < 4.78 is 5.04. The Morgan fingerprint density at radius 2 is 2.50 bits per heavy atom. The molecule has 0 aromatic carbocycles. The molecule has 2 aliphatic rings. The summed E-state index contributed by atoms with van der Waals surface area (Å²) in [5.41, 5.74) is 3.37. The van der Waals surface area contributed by atoms with Crippen molar-refractivity contribution in [3.05, 3.63) is 35.6 Å². The summed E-state index contributed by atoms with van der Waals surface area (Å²) in [5.74, 6) is 0. The summed E-state index contributed by atoms with van der Waals surface area (Å²) in [6.45, 7) is 8.55. The van der Waals surface area contributed by atoms with Crippen molar-refractivity contribution in [2.75, 3.05) is 6.61 Å². The third kappa shape index (κ3) is 1.77. The molecule has 3 nitrogen and oxygen atoms in total. The predicted octanol–water partition coefficient (Wildman–Crippen LogP) is 3.01. The van der Waals surface area contributed by atoms with Crippen molar-refractivity contribution in [3.8, 4) is 0 Å². The van der Waals surface area contributed by atoms with Crippen LogP contribution in [0.2, 0.25) is 0 Å². The van der Waals surface area contributed by atoms with Gasteiger partial charge in [0.05, 0.1) is 6.04 Å². The zero-order valence-corrected chi connectivity index (χ0v) is 9.82. The predicted molar refractivity (Wildman–Crippen MR) is 62.9 cm³/mol. The molecule has 1 fully saturated rings. The lowest BCUT2D eigenvalue weighted by atomic mass is 9.91. The van der Waals surface area contributed by atoms with Crippen molar-refractivity contribution in [1.82, 2.24) is 4.90 Å². The minimum absolute atomic E-state index is 0.174. The van der Waals surface area contributed by atoms with Gasteiger partial charge in [0.1, 0.15) is 6.61 Å². The second-order valence-electron chi connectivity index (χ2n) is 4.30. The number of fused-ring (bicyclic) bond motifs is 1. The number of amides is 1. The van der Waals surface area contributed by atoms with Gasteiger partial charge in [-0.05, 0) is 36.5 Å². The van der Waals surface area contributed by atoms with Gasteiger partial charge < -0.3 is 4.74 Å². The highest BCUT2D eigenvalue weighted by molar-refractivity contribution is 5.73. The van der Waals surface area contributed by atoms with Crippen molar-refractivity contribution in [2.24, 2.45) is 0 Å². The molecule has 3 heteroatoms. The smallest absolute Gasteiger partial charge is 0.414 e. The standard InChI is InChI=1S/C13H17NO2/c1-4-5-10-6-11-8-16-13(15)14(11)7-12(10)9(2)3/h5,7,11H,2,4,6,8H2,1,3H3/b10-5+/t11-/m0/s1. The van der Waals surface area contributed by atoms with E-state index >= 15 is 0 Å². The maximum atomic E-state index is 11.5. The lowest BCUT2D eigenvalue weighted by Crippen LogP contribution is -2.32. The molecule has 1 amide bonds. The van der Waals surface area contributed by atoms with Gasteiger partial charge in [-0.1, -0.05) is 19.6 Å². The molecule has 2 aliphatic heterocycles. The number of hydrogen-bond acceptors (Lipinski definition) is 2. The highest BCUT2D eigenvalue weighted by atomic mass is 16.6. The number of carbonyl (C=O) groups excluding carboxylic acids is 1. The van der Waals surface area contributed by atoms with E-state index in [1.165, 1.54) is 5.57 Å². The van der Waals surface area contributed by atoms with Gasteiger partial charge >= 0.3 is 6.09 Å². The molecule has 0 saturated carbocycles. The Balaban J connectivity index is 2.36. The molecule has 1 saturated heterocycles. The fraction of sp³-hybridized carbons (Fsp3) is 0.462. The monoisotopic (exact) mass is 219 g/mol. The molecule has 1 atom stereocenters. The molecule has 0 unspecified atom stereocenters. The van der Waals surface area contributed by atoms with E-state index in [1.54, 1.807) is 4.90 Å². The van der Waals surface area contributed by atoms with Crippen molar-refractivity contribution >= 4 is 6.09 Å². The second kappa shape index (κ2) is 4.16. The van der Waals surface area contributed by atoms with Crippen LogP contribution in [0, 0.1) is 0 Å². The van der Waals surface area contributed by atoms with E-state index in [0.29, 0.717) is 6.61 Å². The molecule has 0 aromatic rings. The fourth-order valence-electron chi connectivity index (χ4n) is 2.20. The van der Waals surface area contributed by atoms with E-state index < -0.39 is 0 Å². The van der Waals surface area contributed by atoms with Gasteiger partial charge in [0, 0.05) is 6.20 Å². The van der Waals surface area contributed by atoms with Gasteiger partial charge in [-0.2, -0.15) is 0 Å². The first-order valence-corrected chi connectivity index (χ1v) is 5.65. The minimum atomic E-state index is -0.237. The molecule has 0 radical (unpaired) electrons. The molecule has 0 bridgehead atoms. The summed E-state index contributed by atoms with van der Waals surface area (Å²) in [4.78, 5) is 13.1. The Kier molecular flexibility index (Phi) is 2.86. The third-order valence-corrected chi connectivity index (χ3v) is 2.98. The number of rotatable bonds is 2. The molecule has 2 rings (SSSR count). The van der Waals surface area contributed by atoms with Crippen LogP contribution in [0.4, 0.5) is 4.79 Å². The Morgan fingerprint density at radius 1 is 1.75 bits per heavy atom. The van der Waals surface area contributed by atoms with Crippen LogP contribution in [-0.4, -0.2) is 23.6 Å². The van der Waals surface area contributed by atoms with Gasteiger partial charge in [0.15, 0.2) is 0 Å². The van der Waals surface area contributed by atoms with E-state index in [4.69, 9.17) is 4.74 Å². The van der Waals surface area contributed by atoms with Gasteiger partial charge in [-0.15, -0.1) is 0 Å². The van der Waals surface area contributed by atoms with E-state index in [2.05, 4.69) is 19.6 Å². The van der Waals surface area contributed by atoms with Crippen LogP contribution < -0.4 is 0 Å². The van der Waals surface area contributed by atoms with Crippen LogP contribution in [0.5, 0.6) is 0 Å². The maximum Gasteiger partial charge on any atom is 0.414 e. The summed E-state index contributed by atoms with van der Waals surface area (Å²) >= 11 is 0. The topological polar surface area (TPSA) is 29.5 Å². The molecule has 0 aliphatic carbocycles. The van der Waals surface area contributed by atoms with E-state index in [9.17, 15) is 4.79 Å². The SMILES string of the molecule is C=C(C)C1=CN2C(=O)OC[C@@H]2C/C1=C\CC. The van der Waals surface area contributed by atoms with Gasteiger partial charge in [0.25, 0.3) is 0 Å². The lowest BCUT2D eigenvalue weighted by Gasteiger charge is -2.27. The van der Waals surface area contributed by atoms with Crippen LogP contribution in [0.25, 0.3) is 0 Å². The Morgan fingerprint density at radius 3 is 3.12 bits per heavy atom. The van der Waals surface area contributed by atoms with Crippen LogP contribution in [0.3, 0.4) is 0 Å². The summed E-state index contributed by atoms with van der Waals surface area (Å²) in [6.07, 6.45) is 5.73. The summed E-state index contributed by atoms with van der Waals surface area (Å²) in [5, 5.41) is 0. The number of cyclic esters (lactones) is 1. The molecule has 86 valence electrons. The number of allylic oxidation sites excluding steroid dienone is 3. The van der Waals surface area contributed by atoms with E-state index in [-0.39, 0.29) is 12.1 Å². The van der Waals surface area contributed by atoms with Gasteiger partial charge in [0.2, 0.25) is 0 Å². The summed E-state index contributed by atoms with van der Waals surface area (Å²) in [7, 11) is 0. The fourth-order valence-corrected chi connectivity index (χ4v) is 2.20. The first-order chi connectivity index (χ1) is 7.63. The largest absolute Gasteiger partial charge is 0.447 e. The quantitative estimate of drug-likeness (QED) is 0.714. The number of ether oxygens (including phenoxy) is 1. The molecular weight excluding hydrogens is 202 g/mol. The first-order valence-electron chi connectivity index (χ1n) is 5.65. The molecule has 2 heterocycles. The van der Waals surface area contributed by atoms with E-state index in [1.807, 2.05) is 13.1 Å². The van der Waals surface area contributed by atoms with Crippen molar-refractivity contribution < 1.29 is 9.53 Å². The second-order valence-corrected chi connectivity index (χ2v) is 4.30. The highest BCUT2D eigenvalue weighted by Gasteiger charge is 2.36. The molecule has 16 heavy (non-hydrogen) atoms. The zero-order chi connectivity index (χ0) is 11.7. The van der Waals surface area contributed by atoms with Crippen molar-refractivity contribution in [1.29, 1.82) is 0 Å². The molecular formula is C13H17NO2. The normalized spacial score (nSPS) is 26.5. The average molecular weight is 219 g/mol. The number of nitrogens with zero attached hydrogens (tertiary/aromatic N) is 1. The Hall–Kier alpha value is -1.51. The zero-order valence-electron chi connectivity index (χ0n) is 9.82. The Labute approximate surface area is 96.1 Å². The molecule has 0 spiro atoms. The van der Waals surface area contributed by atoms with Crippen LogP contribution >= 0.6 is 0 Å². The van der Waals surface area contributed by atoms with Crippen molar-refractivity contribution in [2.45, 2.75) is 32.7 Å². The van der Waals surface area contributed by atoms with Crippen LogP contribution in [0.1, 0.15) is 26.7 Å². The lowest BCUT2D eigenvalue weighted by molar-refractivity contribution is 0.166. The van der Waals surface area contributed by atoms with Gasteiger partial charge in [-0.3, -0.25) is 4.90 Å². The summed E-state index contributed by atoms with van der Waals surface area (Å²) in [6, 6.07) is 0.174.